The van der Waals surface area contributed by atoms with Crippen LogP contribution in [-0.4, -0.2) is 29.1 Å². The molecule has 1 aliphatic heterocycles. The van der Waals surface area contributed by atoms with Crippen molar-refractivity contribution in [3.05, 3.63) is 22.3 Å². The highest BCUT2D eigenvalue weighted by molar-refractivity contribution is 6.33. The fourth-order valence-corrected chi connectivity index (χ4v) is 3.97. The van der Waals surface area contributed by atoms with Crippen LogP contribution in [0.2, 0.25) is 5.02 Å². The van der Waals surface area contributed by atoms with Crippen molar-refractivity contribution >= 4 is 23.4 Å². The Morgan fingerprint density at radius 1 is 1.67 bits per heavy atom. The molecule has 1 N–H and O–H groups in total. The Morgan fingerprint density at radius 3 is 3.05 bits per heavy atom. The number of fused-ring (bicyclic) bond motifs is 1. The van der Waals surface area contributed by atoms with Crippen LogP contribution in [0.4, 0.5) is 5.82 Å². The first-order chi connectivity index (χ1) is 9.98. The highest BCUT2D eigenvalue weighted by atomic mass is 35.5. The van der Waals surface area contributed by atoms with Crippen LogP contribution < -0.4 is 4.90 Å². The summed E-state index contributed by atoms with van der Waals surface area (Å²) in [6.07, 6.45) is 2.63. The van der Waals surface area contributed by atoms with Gasteiger partial charge in [0.1, 0.15) is 11.9 Å². The first-order valence-electron chi connectivity index (χ1n) is 7.03. The van der Waals surface area contributed by atoms with E-state index < -0.39 is 11.4 Å². The summed E-state index contributed by atoms with van der Waals surface area (Å²) in [6, 6.07) is 3.67. The van der Waals surface area contributed by atoms with Gasteiger partial charge in [0, 0.05) is 13.1 Å². The minimum atomic E-state index is -0.714. The topological polar surface area (TPSA) is 77.2 Å². The minimum Gasteiger partial charge on any atom is -0.481 e. The number of carboxylic acid groups (broad SMARTS) is 1. The Bertz CT molecular complexity index is 655. The van der Waals surface area contributed by atoms with Crippen LogP contribution in [0, 0.1) is 29.6 Å². The zero-order chi connectivity index (χ0) is 15.2. The van der Waals surface area contributed by atoms with E-state index in [1.165, 1.54) is 0 Å². The van der Waals surface area contributed by atoms with Crippen LogP contribution in [-0.2, 0) is 4.79 Å². The molecule has 1 aliphatic carbocycles. The summed E-state index contributed by atoms with van der Waals surface area (Å²) >= 11 is 6.24. The van der Waals surface area contributed by atoms with Gasteiger partial charge in [-0.3, -0.25) is 4.79 Å². The van der Waals surface area contributed by atoms with E-state index in [0.717, 1.165) is 19.3 Å². The van der Waals surface area contributed by atoms with Gasteiger partial charge in [0.05, 0.1) is 21.7 Å². The second-order valence-corrected chi connectivity index (χ2v) is 6.38. The standard InChI is InChI=1S/C15H16ClN3O2/c1-9-10(6-17)5-12(16)13(18-9)19-7-11-3-2-4-15(11,8-19)14(20)21/h5,11H,2-4,7-8H2,1H3,(H,20,21)/t11-,15+/m0/s1. The van der Waals surface area contributed by atoms with E-state index in [9.17, 15) is 9.90 Å². The fraction of sp³-hybridized carbons (Fsp3) is 0.533. The zero-order valence-corrected chi connectivity index (χ0v) is 12.5. The third-order valence-corrected chi connectivity index (χ3v) is 5.14. The summed E-state index contributed by atoms with van der Waals surface area (Å²) in [7, 11) is 0. The Kier molecular flexibility index (Phi) is 3.29. The molecule has 110 valence electrons. The number of anilines is 1. The van der Waals surface area contributed by atoms with E-state index in [0.29, 0.717) is 35.2 Å². The number of nitrogens with zero attached hydrogens (tertiary/aromatic N) is 3. The van der Waals surface area contributed by atoms with Crippen LogP contribution in [0.25, 0.3) is 0 Å². The van der Waals surface area contributed by atoms with Gasteiger partial charge in [-0.1, -0.05) is 18.0 Å². The summed E-state index contributed by atoms with van der Waals surface area (Å²) in [6.45, 7) is 2.89. The molecular weight excluding hydrogens is 290 g/mol. The monoisotopic (exact) mass is 305 g/mol. The Hall–Kier alpha value is -1.80. The molecule has 1 aromatic rings. The van der Waals surface area contributed by atoms with Gasteiger partial charge >= 0.3 is 5.97 Å². The molecule has 1 saturated carbocycles. The number of pyridine rings is 1. The molecule has 1 aromatic heterocycles. The molecule has 3 rings (SSSR count). The molecule has 0 radical (unpaired) electrons. The normalized spacial score (nSPS) is 27.5. The lowest BCUT2D eigenvalue weighted by Gasteiger charge is -2.24. The molecule has 0 amide bonds. The lowest BCUT2D eigenvalue weighted by molar-refractivity contribution is -0.149. The van der Waals surface area contributed by atoms with Crippen molar-refractivity contribution in [3.8, 4) is 6.07 Å². The SMILES string of the molecule is Cc1nc(N2C[C@@H]3CCC[C@@]3(C(=O)O)C2)c(Cl)cc1C#N. The highest BCUT2D eigenvalue weighted by Gasteiger charge is 2.55. The number of aliphatic carboxylic acids is 1. The second kappa shape index (κ2) is 4.88. The molecule has 1 saturated heterocycles. The van der Waals surface area contributed by atoms with E-state index in [-0.39, 0.29) is 5.92 Å². The van der Waals surface area contributed by atoms with Gasteiger partial charge < -0.3 is 10.0 Å². The van der Waals surface area contributed by atoms with Gasteiger partial charge in [-0.25, -0.2) is 4.98 Å². The molecule has 6 heteroatoms. The summed E-state index contributed by atoms with van der Waals surface area (Å²) in [5, 5.41) is 19.0. The first kappa shape index (κ1) is 14.2. The summed E-state index contributed by atoms with van der Waals surface area (Å²) in [4.78, 5) is 18.1. The fourth-order valence-electron chi connectivity index (χ4n) is 3.70. The maximum Gasteiger partial charge on any atom is 0.311 e. The number of aryl methyl sites for hydroxylation is 1. The third-order valence-electron chi connectivity index (χ3n) is 4.86. The van der Waals surface area contributed by atoms with Crippen LogP contribution in [0.5, 0.6) is 0 Å². The van der Waals surface area contributed by atoms with Crippen LogP contribution in [0.1, 0.15) is 30.5 Å². The van der Waals surface area contributed by atoms with Crippen molar-refractivity contribution in [1.29, 1.82) is 5.26 Å². The molecular formula is C15H16ClN3O2. The van der Waals surface area contributed by atoms with Gasteiger partial charge in [0.15, 0.2) is 0 Å². The number of carbonyl (C=O) groups is 1. The second-order valence-electron chi connectivity index (χ2n) is 5.97. The predicted octanol–water partition coefficient (Wildman–Crippen LogP) is 2.61. The van der Waals surface area contributed by atoms with E-state index >= 15 is 0 Å². The van der Waals surface area contributed by atoms with E-state index in [4.69, 9.17) is 16.9 Å². The predicted molar refractivity (Wildman–Crippen MR) is 78.3 cm³/mol. The average molecular weight is 306 g/mol. The van der Waals surface area contributed by atoms with Gasteiger partial charge in [-0.05, 0) is 31.7 Å². The maximum atomic E-state index is 11.7. The summed E-state index contributed by atoms with van der Waals surface area (Å²) in [5.74, 6) is 0.0426. The molecule has 21 heavy (non-hydrogen) atoms. The summed E-state index contributed by atoms with van der Waals surface area (Å²) < 4.78 is 0. The first-order valence-corrected chi connectivity index (χ1v) is 7.41. The van der Waals surface area contributed by atoms with Crippen molar-refractivity contribution in [3.63, 3.8) is 0 Å². The van der Waals surface area contributed by atoms with Crippen molar-refractivity contribution in [2.45, 2.75) is 26.2 Å². The molecule has 2 atom stereocenters. The smallest absolute Gasteiger partial charge is 0.311 e. The van der Waals surface area contributed by atoms with Gasteiger partial charge in [-0.15, -0.1) is 0 Å². The van der Waals surface area contributed by atoms with E-state index in [1.54, 1.807) is 13.0 Å². The largest absolute Gasteiger partial charge is 0.481 e. The third kappa shape index (κ3) is 2.06. The number of nitriles is 1. The van der Waals surface area contributed by atoms with Crippen LogP contribution in [0.15, 0.2) is 6.07 Å². The molecule has 0 aromatic carbocycles. The lowest BCUT2D eigenvalue weighted by atomic mass is 9.81. The van der Waals surface area contributed by atoms with Crippen LogP contribution in [0.3, 0.4) is 0 Å². The molecule has 0 unspecified atom stereocenters. The number of aromatic nitrogens is 1. The van der Waals surface area contributed by atoms with Crippen molar-refractivity contribution in [1.82, 2.24) is 4.98 Å². The highest BCUT2D eigenvalue weighted by Crippen LogP contribution is 2.50. The number of hydrogen-bond acceptors (Lipinski definition) is 4. The average Bonchev–Trinajstić information content (AvgIpc) is 2.98. The van der Waals surface area contributed by atoms with Crippen molar-refractivity contribution in [2.24, 2.45) is 11.3 Å². The number of halogens is 1. The van der Waals surface area contributed by atoms with Gasteiger partial charge in [0.25, 0.3) is 0 Å². The summed E-state index contributed by atoms with van der Waals surface area (Å²) in [5.41, 5.74) is 0.418. The zero-order valence-electron chi connectivity index (χ0n) is 11.8. The molecule has 0 bridgehead atoms. The Morgan fingerprint density at radius 2 is 2.43 bits per heavy atom. The molecule has 2 aliphatic rings. The van der Waals surface area contributed by atoms with Gasteiger partial charge in [0.2, 0.25) is 0 Å². The number of rotatable bonds is 2. The van der Waals surface area contributed by atoms with Crippen LogP contribution >= 0.6 is 11.6 Å². The quantitative estimate of drug-likeness (QED) is 0.908. The molecule has 2 fully saturated rings. The van der Waals surface area contributed by atoms with E-state index in [2.05, 4.69) is 11.1 Å². The minimum absolute atomic E-state index is 0.156. The maximum absolute atomic E-state index is 11.7. The molecule has 2 heterocycles. The van der Waals surface area contributed by atoms with Crippen molar-refractivity contribution in [2.75, 3.05) is 18.0 Å². The Balaban J connectivity index is 1.96. The molecule has 0 spiro atoms. The van der Waals surface area contributed by atoms with Crippen molar-refractivity contribution < 1.29 is 9.90 Å². The van der Waals surface area contributed by atoms with E-state index in [1.807, 2.05) is 4.90 Å². The Labute approximate surface area is 128 Å². The van der Waals surface area contributed by atoms with Gasteiger partial charge in [-0.2, -0.15) is 5.26 Å². The number of carboxylic acids is 1. The molecule has 5 nitrogen and oxygen atoms in total. The lowest BCUT2D eigenvalue weighted by Crippen LogP contribution is -2.35. The number of hydrogen-bond donors (Lipinski definition) is 1.